The number of nitrogens with one attached hydrogen (secondary N) is 1. The van der Waals surface area contributed by atoms with Gasteiger partial charge < -0.3 is 19.1 Å². The van der Waals surface area contributed by atoms with E-state index in [1.54, 1.807) is 48.5 Å². The standard InChI is InChI=1S/C20H20F3NO4/c1-19(24-25,20(21,22)23)18(17-11-14-5-3-4-6-16(14)28-17)27-12-13-7-9-15(26-2)10-8-13/h3-11,18,24-25H,12H2,1-2H3/t18-,19-/m0/s1. The number of para-hydroxylation sites is 1. The lowest BCUT2D eigenvalue weighted by Gasteiger charge is -2.36. The first kappa shape index (κ1) is 20.2. The Morgan fingerprint density at radius 2 is 1.79 bits per heavy atom. The zero-order valence-corrected chi connectivity index (χ0v) is 15.3. The van der Waals surface area contributed by atoms with Gasteiger partial charge in [-0.25, -0.2) is 0 Å². The number of hydrogen-bond donors (Lipinski definition) is 2. The van der Waals surface area contributed by atoms with Crippen LogP contribution in [0.2, 0.25) is 0 Å². The van der Waals surface area contributed by atoms with E-state index in [0.717, 1.165) is 6.92 Å². The van der Waals surface area contributed by atoms with E-state index in [-0.39, 0.29) is 12.4 Å². The molecule has 2 atom stereocenters. The highest BCUT2D eigenvalue weighted by atomic mass is 19.4. The summed E-state index contributed by atoms with van der Waals surface area (Å²) in [4.78, 5) is 0. The van der Waals surface area contributed by atoms with Gasteiger partial charge >= 0.3 is 6.18 Å². The average molecular weight is 395 g/mol. The molecule has 0 spiro atoms. The summed E-state index contributed by atoms with van der Waals surface area (Å²) in [5.41, 5.74) is -0.327. The second-order valence-corrected chi connectivity index (χ2v) is 6.54. The van der Waals surface area contributed by atoms with Crippen LogP contribution in [-0.4, -0.2) is 24.0 Å². The second kappa shape index (κ2) is 7.83. The second-order valence-electron chi connectivity index (χ2n) is 6.54. The van der Waals surface area contributed by atoms with E-state index in [9.17, 15) is 18.4 Å². The summed E-state index contributed by atoms with van der Waals surface area (Å²) in [7, 11) is 1.52. The predicted molar refractivity (Wildman–Crippen MR) is 96.1 cm³/mol. The van der Waals surface area contributed by atoms with Gasteiger partial charge in [-0.3, -0.25) is 0 Å². The van der Waals surface area contributed by atoms with Crippen molar-refractivity contribution in [2.75, 3.05) is 7.11 Å². The third-order valence-corrected chi connectivity index (χ3v) is 4.62. The van der Waals surface area contributed by atoms with Crippen LogP contribution in [0.4, 0.5) is 13.2 Å². The summed E-state index contributed by atoms with van der Waals surface area (Å²) < 4.78 is 57.6. The fourth-order valence-corrected chi connectivity index (χ4v) is 2.84. The number of furan rings is 1. The summed E-state index contributed by atoms with van der Waals surface area (Å²) >= 11 is 0. The Kier molecular flexibility index (Phi) is 5.64. The van der Waals surface area contributed by atoms with E-state index < -0.39 is 17.8 Å². The maximum absolute atomic E-state index is 13.8. The molecule has 0 radical (unpaired) electrons. The molecular weight excluding hydrogens is 375 g/mol. The molecule has 0 aliphatic carbocycles. The first-order chi connectivity index (χ1) is 13.3. The van der Waals surface area contributed by atoms with Gasteiger partial charge in [0.15, 0.2) is 5.54 Å². The summed E-state index contributed by atoms with van der Waals surface area (Å²) in [6.45, 7) is 0.692. The summed E-state index contributed by atoms with van der Waals surface area (Å²) in [5, 5.41) is 10.0. The molecule has 3 aromatic rings. The first-order valence-electron chi connectivity index (χ1n) is 8.49. The van der Waals surface area contributed by atoms with Crippen molar-refractivity contribution in [1.82, 2.24) is 5.48 Å². The molecule has 1 heterocycles. The van der Waals surface area contributed by atoms with Crippen LogP contribution in [-0.2, 0) is 11.3 Å². The van der Waals surface area contributed by atoms with Crippen LogP contribution < -0.4 is 10.2 Å². The highest BCUT2D eigenvalue weighted by Crippen LogP contribution is 2.43. The largest absolute Gasteiger partial charge is 0.497 e. The maximum atomic E-state index is 13.8. The molecule has 0 aliphatic heterocycles. The molecule has 0 saturated carbocycles. The van der Waals surface area contributed by atoms with Gasteiger partial charge in [0.1, 0.15) is 23.2 Å². The summed E-state index contributed by atoms with van der Waals surface area (Å²) in [5.74, 6) is 0.575. The molecule has 0 saturated heterocycles. The number of hydrogen-bond acceptors (Lipinski definition) is 5. The molecule has 2 aromatic carbocycles. The number of ether oxygens (including phenoxy) is 2. The van der Waals surface area contributed by atoms with Crippen molar-refractivity contribution < 1.29 is 32.3 Å². The highest BCUT2D eigenvalue weighted by Gasteiger charge is 2.58. The number of fused-ring (bicyclic) bond motifs is 1. The van der Waals surface area contributed by atoms with E-state index in [1.807, 2.05) is 0 Å². The van der Waals surface area contributed by atoms with Crippen LogP contribution in [0.5, 0.6) is 5.75 Å². The Balaban J connectivity index is 1.95. The van der Waals surface area contributed by atoms with Crippen molar-refractivity contribution in [1.29, 1.82) is 0 Å². The molecule has 0 unspecified atom stereocenters. The minimum absolute atomic E-state index is 0.0453. The van der Waals surface area contributed by atoms with Crippen molar-refractivity contribution in [2.24, 2.45) is 0 Å². The molecule has 0 fully saturated rings. The molecule has 8 heteroatoms. The van der Waals surface area contributed by atoms with Crippen molar-refractivity contribution in [2.45, 2.75) is 31.3 Å². The van der Waals surface area contributed by atoms with E-state index in [1.165, 1.54) is 18.7 Å². The molecule has 150 valence electrons. The van der Waals surface area contributed by atoms with Crippen molar-refractivity contribution in [3.8, 4) is 5.75 Å². The number of benzene rings is 2. The Hall–Kier alpha value is -2.55. The SMILES string of the molecule is COc1ccc(CO[C@@H](c2cc3ccccc3o2)[C@](C)(NO)C(F)(F)F)cc1. The van der Waals surface area contributed by atoms with Crippen LogP contribution in [0.1, 0.15) is 24.4 Å². The van der Waals surface area contributed by atoms with Gasteiger partial charge in [-0.1, -0.05) is 30.3 Å². The van der Waals surface area contributed by atoms with Gasteiger partial charge in [0, 0.05) is 5.39 Å². The lowest BCUT2D eigenvalue weighted by molar-refractivity contribution is -0.255. The van der Waals surface area contributed by atoms with Crippen LogP contribution in [0, 0.1) is 0 Å². The molecule has 3 rings (SSSR count). The lowest BCUT2D eigenvalue weighted by Crippen LogP contribution is -2.57. The normalized spacial score (nSPS) is 15.4. The number of hydroxylamine groups is 1. The maximum Gasteiger partial charge on any atom is 0.411 e. The number of methoxy groups -OCH3 is 1. The smallest absolute Gasteiger partial charge is 0.411 e. The third-order valence-electron chi connectivity index (χ3n) is 4.62. The van der Waals surface area contributed by atoms with E-state index >= 15 is 0 Å². The minimum atomic E-state index is -4.81. The molecule has 5 nitrogen and oxygen atoms in total. The average Bonchev–Trinajstić information content (AvgIpc) is 3.11. The van der Waals surface area contributed by atoms with E-state index in [0.29, 0.717) is 22.3 Å². The van der Waals surface area contributed by atoms with Gasteiger partial charge in [-0.15, -0.1) is 0 Å². The molecule has 28 heavy (non-hydrogen) atoms. The molecule has 2 N–H and O–H groups in total. The van der Waals surface area contributed by atoms with Gasteiger partial charge in [0.2, 0.25) is 0 Å². The van der Waals surface area contributed by atoms with Crippen LogP contribution >= 0.6 is 0 Å². The quantitative estimate of drug-likeness (QED) is 0.552. The number of alkyl halides is 3. The Morgan fingerprint density at radius 3 is 2.36 bits per heavy atom. The zero-order valence-electron chi connectivity index (χ0n) is 15.3. The Labute approximate surface area is 159 Å². The van der Waals surface area contributed by atoms with Gasteiger partial charge in [0.05, 0.1) is 13.7 Å². The number of halogens is 3. The summed E-state index contributed by atoms with van der Waals surface area (Å²) in [6.07, 6.45) is -6.45. The van der Waals surface area contributed by atoms with Crippen molar-refractivity contribution in [3.63, 3.8) is 0 Å². The molecule has 0 aliphatic rings. The fraction of sp³-hybridized carbons (Fsp3) is 0.300. The Morgan fingerprint density at radius 1 is 1.11 bits per heavy atom. The van der Waals surface area contributed by atoms with Gasteiger partial charge in [-0.2, -0.15) is 18.7 Å². The third kappa shape index (κ3) is 3.84. The summed E-state index contributed by atoms with van der Waals surface area (Å²) in [6, 6.07) is 15.1. The van der Waals surface area contributed by atoms with E-state index in [2.05, 4.69) is 0 Å². The predicted octanol–water partition coefficient (Wildman–Crippen LogP) is 5.00. The molecule has 0 amide bonds. The van der Waals surface area contributed by atoms with E-state index in [4.69, 9.17) is 13.9 Å². The molecule has 0 bridgehead atoms. The number of rotatable bonds is 7. The van der Waals surface area contributed by atoms with Crippen molar-refractivity contribution in [3.05, 3.63) is 65.9 Å². The highest BCUT2D eigenvalue weighted by molar-refractivity contribution is 5.77. The lowest BCUT2D eigenvalue weighted by atomic mass is 9.92. The monoisotopic (exact) mass is 395 g/mol. The zero-order chi connectivity index (χ0) is 20.4. The first-order valence-corrected chi connectivity index (χ1v) is 8.49. The molecular formula is C20H20F3NO4. The van der Waals surface area contributed by atoms with Gasteiger partial charge in [0.25, 0.3) is 0 Å². The van der Waals surface area contributed by atoms with Crippen molar-refractivity contribution >= 4 is 11.0 Å². The minimum Gasteiger partial charge on any atom is -0.497 e. The molecule has 1 aromatic heterocycles. The van der Waals surface area contributed by atoms with Crippen LogP contribution in [0.25, 0.3) is 11.0 Å². The fourth-order valence-electron chi connectivity index (χ4n) is 2.84. The van der Waals surface area contributed by atoms with Gasteiger partial charge in [-0.05, 0) is 36.8 Å². The van der Waals surface area contributed by atoms with Crippen LogP contribution in [0.3, 0.4) is 0 Å². The topological polar surface area (TPSA) is 63.9 Å². The Bertz CT molecular complexity index is 890. The van der Waals surface area contributed by atoms with Crippen LogP contribution in [0.15, 0.2) is 59.0 Å².